The second kappa shape index (κ2) is 9.37. The molecule has 6 nitrogen and oxygen atoms in total. The van der Waals surface area contributed by atoms with E-state index in [1.807, 2.05) is 19.9 Å². The lowest BCUT2D eigenvalue weighted by atomic mass is 9.86. The molecule has 0 spiro atoms. The van der Waals surface area contributed by atoms with Gasteiger partial charge in [-0.05, 0) is 56.8 Å². The SMILES string of the molecule is C=CC1(CCOc2cc(F)c(S(C)(=O)=O)c(F)c2)CC1C1CCN(C(=O)OC(C)C)CC1. The summed E-state index contributed by atoms with van der Waals surface area (Å²) < 4.78 is 61.9. The molecule has 1 saturated heterocycles. The maximum Gasteiger partial charge on any atom is 0.410 e. The van der Waals surface area contributed by atoms with Crippen LogP contribution in [-0.4, -0.2) is 51.5 Å². The molecule has 178 valence electrons. The van der Waals surface area contributed by atoms with Crippen LogP contribution >= 0.6 is 0 Å². The molecule has 0 aromatic heterocycles. The Morgan fingerprint density at radius 1 is 1.28 bits per heavy atom. The Labute approximate surface area is 188 Å². The van der Waals surface area contributed by atoms with Gasteiger partial charge in [-0.2, -0.15) is 0 Å². The van der Waals surface area contributed by atoms with Crippen molar-refractivity contribution in [3.05, 3.63) is 36.4 Å². The first-order valence-corrected chi connectivity index (χ1v) is 12.8. The molecule has 1 amide bonds. The van der Waals surface area contributed by atoms with Gasteiger partial charge in [0.05, 0.1) is 12.7 Å². The highest BCUT2D eigenvalue weighted by Crippen LogP contribution is 2.61. The smallest absolute Gasteiger partial charge is 0.410 e. The van der Waals surface area contributed by atoms with E-state index in [2.05, 4.69) is 6.58 Å². The van der Waals surface area contributed by atoms with Gasteiger partial charge in [-0.15, -0.1) is 6.58 Å². The number of allylic oxidation sites excluding steroid dienone is 1. The number of likely N-dealkylation sites (tertiary alicyclic amines) is 1. The van der Waals surface area contributed by atoms with Gasteiger partial charge >= 0.3 is 6.09 Å². The molecule has 2 fully saturated rings. The number of nitrogens with zero attached hydrogens (tertiary/aromatic N) is 1. The summed E-state index contributed by atoms with van der Waals surface area (Å²) in [5.74, 6) is -1.45. The number of carbonyl (C=O) groups excluding carboxylic acids is 1. The minimum atomic E-state index is -4.01. The maximum atomic E-state index is 14.1. The third kappa shape index (κ3) is 5.42. The number of rotatable bonds is 8. The van der Waals surface area contributed by atoms with Gasteiger partial charge in [0.25, 0.3) is 0 Å². The summed E-state index contributed by atoms with van der Waals surface area (Å²) in [6.07, 6.45) is 5.71. The number of ether oxygens (including phenoxy) is 2. The van der Waals surface area contributed by atoms with Crippen molar-refractivity contribution in [2.24, 2.45) is 17.3 Å². The van der Waals surface area contributed by atoms with Crippen LogP contribution in [0.5, 0.6) is 5.75 Å². The van der Waals surface area contributed by atoms with E-state index in [1.54, 1.807) is 4.90 Å². The molecule has 1 aromatic rings. The van der Waals surface area contributed by atoms with Crippen LogP contribution in [0, 0.1) is 28.9 Å². The van der Waals surface area contributed by atoms with Crippen molar-refractivity contribution in [3.8, 4) is 5.75 Å². The van der Waals surface area contributed by atoms with Gasteiger partial charge in [0.15, 0.2) is 9.84 Å². The minimum absolute atomic E-state index is 0.0409. The molecule has 0 bridgehead atoms. The molecule has 1 aromatic carbocycles. The highest BCUT2D eigenvalue weighted by Gasteiger charge is 2.55. The zero-order valence-corrected chi connectivity index (χ0v) is 19.6. The average molecular weight is 472 g/mol. The van der Waals surface area contributed by atoms with Crippen molar-refractivity contribution in [1.82, 2.24) is 4.90 Å². The van der Waals surface area contributed by atoms with Crippen LogP contribution in [0.4, 0.5) is 13.6 Å². The standard InChI is InChI=1S/C23H31F2NO5S/c1-5-23(8-11-30-17-12-19(24)21(20(25)13-17)32(4,28)29)14-18(23)16-6-9-26(10-7-16)22(27)31-15(2)3/h5,12-13,15-16,18H,1,6-11,14H2,2-4H3. The highest BCUT2D eigenvalue weighted by atomic mass is 32.2. The van der Waals surface area contributed by atoms with E-state index < -0.39 is 26.4 Å². The molecule has 1 saturated carbocycles. The lowest BCUT2D eigenvalue weighted by Crippen LogP contribution is -2.40. The van der Waals surface area contributed by atoms with Crippen molar-refractivity contribution in [2.45, 2.75) is 50.5 Å². The number of halogens is 2. The van der Waals surface area contributed by atoms with E-state index in [-0.39, 0.29) is 30.0 Å². The van der Waals surface area contributed by atoms with Gasteiger partial charge in [0.2, 0.25) is 0 Å². The summed E-state index contributed by atoms with van der Waals surface area (Å²) in [5, 5.41) is 0. The Bertz CT molecular complexity index is 950. The molecule has 0 radical (unpaired) electrons. The van der Waals surface area contributed by atoms with Gasteiger partial charge in [-0.25, -0.2) is 22.0 Å². The number of hydrogen-bond donors (Lipinski definition) is 0. The normalized spacial score (nSPS) is 23.8. The molecular weight excluding hydrogens is 440 g/mol. The Morgan fingerprint density at radius 2 is 1.88 bits per heavy atom. The highest BCUT2D eigenvalue weighted by molar-refractivity contribution is 7.90. The van der Waals surface area contributed by atoms with Crippen LogP contribution in [0.2, 0.25) is 0 Å². The molecule has 1 aliphatic heterocycles. The van der Waals surface area contributed by atoms with Crippen LogP contribution in [0.25, 0.3) is 0 Å². The fourth-order valence-corrected chi connectivity index (χ4v) is 5.53. The Hall–Kier alpha value is -2.16. The predicted octanol–water partition coefficient (Wildman–Crippen LogP) is 4.59. The largest absolute Gasteiger partial charge is 0.493 e. The monoisotopic (exact) mass is 471 g/mol. The van der Waals surface area contributed by atoms with Crippen molar-refractivity contribution in [1.29, 1.82) is 0 Å². The topological polar surface area (TPSA) is 72.9 Å². The zero-order chi connectivity index (χ0) is 23.7. The average Bonchev–Trinajstić information content (AvgIpc) is 3.41. The van der Waals surface area contributed by atoms with E-state index in [4.69, 9.17) is 9.47 Å². The molecule has 1 aliphatic carbocycles. The van der Waals surface area contributed by atoms with Gasteiger partial charge in [-0.3, -0.25) is 0 Å². The molecule has 2 unspecified atom stereocenters. The quantitative estimate of drug-likeness (QED) is 0.519. The second-order valence-electron chi connectivity index (χ2n) is 9.09. The zero-order valence-electron chi connectivity index (χ0n) is 18.8. The van der Waals surface area contributed by atoms with Crippen LogP contribution in [0.15, 0.2) is 29.7 Å². The minimum Gasteiger partial charge on any atom is -0.493 e. The summed E-state index contributed by atoms with van der Waals surface area (Å²) in [7, 11) is -4.01. The summed E-state index contributed by atoms with van der Waals surface area (Å²) in [6.45, 7) is 9.22. The number of piperidine rings is 1. The molecule has 2 aliphatic rings. The number of hydrogen-bond acceptors (Lipinski definition) is 5. The summed E-state index contributed by atoms with van der Waals surface area (Å²) >= 11 is 0. The first kappa shape index (κ1) is 24.5. The van der Waals surface area contributed by atoms with Crippen molar-refractivity contribution >= 4 is 15.9 Å². The Kier molecular flexibility index (Phi) is 7.17. The molecule has 2 atom stereocenters. The number of carbonyl (C=O) groups is 1. The van der Waals surface area contributed by atoms with Gasteiger partial charge in [0, 0.05) is 31.5 Å². The van der Waals surface area contributed by atoms with Crippen molar-refractivity contribution in [2.75, 3.05) is 26.0 Å². The molecule has 1 heterocycles. The summed E-state index contributed by atoms with van der Waals surface area (Å²) in [4.78, 5) is 12.9. The Balaban J connectivity index is 1.52. The fraction of sp³-hybridized carbons (Fsp3) is 0.609. The van der Waals surface area contributed by atoms with E-state index in [0.29, 0.717) is 31.3 Å². The van der Waals surface area contributed by atoms with E-state index in [0.717, 1.165) is 37.7 Å². The Morgan fingerprint density at radius 3 is 2.38 bits per heavy atom. The lowest BCUT2D eigenvalue weighted by molar-refractivity contribution is 0.0627. The maximum absolute atomic E-state index is 14.1. The summed E-state index contributed by atoms with van der Waals surface area (Å²) in [6, 6.07) is 1.80. The molecular formula is C23H31F2NO5S. The molecule has 0 N–H and O–H groups in total. The number of benzene rings is 1. The summed E-state index contributed by atoms with van der Waals surface area (Å²) in [5.41, 5.74) is -0.0882. The van der Waals surface area contributed by atoms with E-state index in [9.17, 15) is 22.0 Å². The van der Waals surface area contributed by atoms with Gasteiger partial charge < -0.3 is 14.4 Å². The number of amides is 1. The van der Waals surface area contributed by atoms with Crippen molar-refractivity contribution in [3.63, 3.8) is 0 Å². The number of sulfone groups is 1. The first-order valence-electron chi connectivity index (χ1n) is 10.9. The van der Waals surface area contributed by atoms with Gasteiger partial charge in [-0.1, -0.05) is 6.08 Å². The predicted molar refractivity (Wildman–Crippen MR) is 116 cm³/mol. The molecule has 3 rings (SSSR count). The van der Waals surface area contributed by atoms with E-state index in [1.165, 1.54) is 0 Å². The van der Waals surface area contributed by atoms with Crippen LogP contribution in [-0.2, 0) is 14.6 Å². The van der Waals surface area contributed by atoms with Crippen molar-refractivity contribution < 1.29 is 31.5 Å². The van der Waals surface area contributed by atoms with Crippen LogP contribution in [0.1, 0.15) is 39.5 Å². The lowest BCUT2D eigenvalue weighted by Gasteiger charge is -2.33. The third-order valence-corrected chi connectivity index (χ3v) is 7.60. The third-order valence-electron chi connectivity index (χ3n) is 6.47. The molecule has 9 heteroatoms. The molecule has 32 heavy (non-hydrogen) atoms. The van der Waals surface area contributed by atoms with Crippen LogP contribution in [0.3, 0.4) is 0 Å². The van der Waals surface area contributed by atoms with E-state index >= 15 is 0 Å². The van der Waals surface area contributed by atoms with Gasteiger partial charge in [0.1, 0.15) is 22.3 Å². The second-order valence-corrected chi connectivity index (χ2v) is 11.0. The fourth-order valence-electron chi connectivity index (χ4n) is 4.70. The first-order chi connectivity index (χ1) is 15.0. The van der Waals surface area contributed by atoms with Crippen LogP contribution < -0.4 is 4.74 Å².